The maximum absolute atomic E-state index is 14.8. The Kier molecular flexibility index (Phi) is 7.02. The van der Waals surface area contributed by atoms with Crippen LogP contribution in [-0.2, 0) is 0 Å². The first-order valence-electron chi connectivity index (χ1n) is 8.29. The van der Waals surface area contributed by atoms with Gasteiger partial charge in [0.15, 0.2) is 11.6 Å². The SMILES string of the molecule is CCC(=O)c1ccc(O[Si](C(C)C)(C(C)C)C(C)C)c(F)c1Br. The van der Waals surface area contributed by atoms with Crippen molar-refractivity contribution in [2.75, 3.05) is 0 Å². The highest BCUT2D eigenvalue weighted by atomic mass is 79.9. The summed E-state index contributed by atoms with van der Waals surface area (Å²) in [5.74, 6) is -0.294. The summed E-state index contributed by atoms with van der Waals surface area (Å²) in [6.07, 6.45) is 0.348. The Balaban J connectivity index is 3.36. The minimum Gasteiger partial charge on any atom is -0.541 e. The highest BCUT2D eigenvalue weighted by Crippen LogP contribution is 2.44. The Labute approximate surface area is 149 Å². The van der Waals surface area contributed by atoms with Crippen molar-refractivity contribution in [3.8, 4) is 5.75 Å². The van der Waals surface area contributed by atoms with E-state index in [0.717, 1.165) is 0 Å². The number of ketones is 1. The van der Waals surface area contributed by atoms with Crippen molar-refractivity contribution >= 4 is 30.0 Å². The van der Waals surface area contributed by atoms with Crippen molar-refractivity contribution in [2.24, 2.45) is 0 Å². The van der Waals surface area contributed by atoms with E-state index in [4.69, 9.17) is 4.43 Å². The van der Waals surface area contributed by atoms with Crippen molar-refractivity contribution < 1.29 is 13.6 Å². The van der Waals surface area contributed by atoms with Gasteiger partial charge in [-0.25, -0.2) is 4.39 Å². The molecule has 1 aromatic carbocycles. The van der Waals surface area contributed by atoms with Gasteiger partial charge in [0.25, 0.3) is 8.32 Å². The highest BCUT2D eigenvalue weighted by molar-refractivity contribution is 9.10. The van der Waals surface area contributed by atoms with Crippen LogP contribution < -0.4 is 4.43 Å². The molecule has 130 valence electrons. The third kappa shape index (κ3) is 3.87. The van der Waals surface area contributed by atoms with Crippen LogP contribution in [0.5, 0.6) is 5.75 Å². The van der Waals surface area contributed by atoms with E-state index in [0.29, 0.717) is 28.6 Å². The second-order valence-electron chi connectivity index (χ2n) is 6.94. The molecule has 0 radical (unpaired) electrons. The molecule has 0 saturated carbocycles. The summed E-state index contributed by atoms with van der Waals surface area (Å²) in [4.78, 5) is 11.9. The van der Waals surface area contributed by atoms with Crippen LogP contribution in [-0.4, -0.2) is 14.1 Å². The van der Waals surface area contributed by atoms with Crippen LogP contribution in [0.15, 0.2) is 16.6 Å². The van der Waals surface area contributed by atoms with Crippen molar-refractivity contribution in [2.45, 2.75) is 71.5 Å². The Morgan fingerprint density at radius 1 is 1.13 bits per heavy atom. The summed E-state index contributed by atoms with van der Waals surface area (Å²) >= 11 is 3.23. The van der Waals surface area contributed by atoms with Crippen LogP contribution in [0.2, 0.25) is 16.6 Å². The minimum absolute atomic E-state index is 0.0811. The average Bonchev–Trinajstić information content (AvgIpc) is 2.46. The second-order valence-corrected chi connectivity index (χ2v) is 13.1. The first-order chi connectivity index (χ1) is 10.6. The standard InChI is InChI=1S/C18H28BrFO2Si/c1-8-15(21)14-9-10-16(18(20)17(14)19)22-23(11(2)3,12(4)5)13(6)7/h9-13H,8H2,1-7H3. The van der Waals surface area contributed by atoms with Gasteiger partial charge in [0.05, 0.1) is 4.47 Å². The van der Waals surface area contributed by atoms with E-state index in [-0.39, 0.29) is 16.0 Å². The summed E-state index contributed by atoms with van der Waals surface area (Å²) < 4.78 is 21.4. The number of hydrogen-bond donors (Lipinski definition) is 0. The highest BCUT2D eigenvalue weighted by Gasteiger charge is 2.47. The van der Waals surface area contributed by atoms with Crippen LogP contribution in [0.25, 0.3) is 0 Å². The molecular weight excluding hydrogens is 375 g/mol. The van der Waals surface area contributed by atoms with Crippen LogP contribution in [0.4, 0.5) is 4.39 Å². The first-order valence-corrected chi connectivity index (χ1v) is 11.2. The fourth-order valence-corrected chi connectivity index (χ4v) is 9.35. The smallest absolute Gasteiger partial charge is 0.258 e. The first kappa shape index (κ1) is 20.4. The van der Waals surface area contributed by atoms with Gasteiger partial charge >= 0.3 is 0 Å². The monoisotopic (exact) mass is 402 g/mol. The zero-order chi connectivity index (χ0) is 17.9. The van der Waals surface area contributed by atoms with E-state index in [1.54, 1.807) is 19.1 Å². The zero-order valence-corrected chi connectivity index (χ0v) is 17.8. The molecule has 0 saturated heterocycles. The topological polar surface area (TPSA) is 26.3 Å². The van der Waals surface area contributed by atoms with Crippen molar-refractivity contribution in [1.29, 1.82) is 0 Å². The zero-order valence-electron chi connectivity index (χ0n) is 15.2. The van der Waals surface area contributed by atoms with Gasteiger partial charge in [-0.15, -0.1) is 0 Å². The Morgan fingerprint density at radius 2 is 1.61 bits per heavy atom. The van der Waals surface area contributed by atoms with Gasteiger partial charge in [-0.2, -0.15) is 0 Å². The summed E-state index contributed by atoms with van der Waals surface area (Å²) in [6.45, 7) is 14.7. The predicted octanol–water partition coefficient (Wildman–Crippen LogP) is 6.74. The molecule has 0 atom stereocenters. The molecule has 0 N–H and O–H groups in total. The van der Waals surface area contributed by atoms with Crippen LogP contribution in [0, 0.1) is 5.82 Å². The number of rotatable bonds is 7. The number of carbonyl (C=O) groups is 1. The fraction of sp³-hybridized carbons (Fsp3) is 0.611. The lowest BCUT2D eigenvalue weighted by Gasteiger charge is -2.42. The van der Waals surface area contributed by atoms with Gasteiger partial charge in [-0.1, -0.05) is 48.5 Å². The normalized spacial score (nSPS) is 12.3. The molecule has 0 amide bonds. The van der Waals surface area contributed by atoms with E-state index >= 15 is 0 Å². The van der Waals surface area contributed by atoms with Gasteiger partial charge in [0.2, 0.25) is 0 Å². The molecule has 0 aromatic heterocycles. The van der Waals surface area contributed by atoms with Gasteiger partial charge in [-0.05, 0) is 44.7 Å². The Morgan fingerprint density at radius 3 is 2.00 bits per heavy atom. The van der Waals surface area contributed by atoms with E-state index in [9.17, 15) is 9.18 Å². The van der Waals surface area contributed by atoms with Crippen LogP contribution in [0.3, 0.4) is 0 Å². The maximum Gasteiger partial charge on any atom is 0.258 e. The number of hydrogen-bond acceptors (Lipinski definition) is 2. The van der Waals surface area contributed by atoms with Gasteiger partial charge in [-0.3, -0.25) is 4.79 Å². The molecule has 1 rings (SSSR count). The van der Waals surface area contributed by atoms with Crippen molar-refractivity contribution in [3.05, 3.63) is 28.0 Å². The third-order valence-corrected chi connectivity index (χ3v) is 11.4. The molecule has 0 aliphatic carbocycles. The van der Waals surface area contributed by atoms with Crippen molar-refractivity contribution in [1.82, 2.24) is 0 Å². The number of benzene rings is 1. The molecule has 0 bridgehead atoms. The molecule has 0 spiro atoms. The lowest BCUT2D eigenvalue weighted by Crippen LogP contribution is -2.50. The Hall–Kier alpha value is -0.683. The molecule has 0 heterocycles. The van der Waals surface area contributed by atoms with E-state index in [1.165, 1.54) is 0 Å². The quantitative estimate of drug-likeness (QED) is 0.372. The van der Waals surface area contributed by atoms with Crippen LogP contribution >= 0.6 is 15.9 Å². The van der Waals surface area contributed by atoms with E-state index < -0.39 is 14.1 Å². The lowest BCUT2D eigenvalue weighted by atomic mass is 10.1. The molecule has 0 unspecified atom stereocenters. The van der Waals surface area contributed by atoms with E-state index in [2.05, 4.69) is 57.5 Å². The van der Waals surface area contributed by atoms with Crippen molar-refractivity contribution in [3.63, 3.8) is 0 Å². The summed E-state index contributed by atoms with van der Waals surface area (Å²) in [7, 11) is -2.22. The molecule has 0 fully saturated rings. The molecule has 1 aromatic rings. The molecule has 0 aliphatic rings. The third-order valence-electron chi connectivity index (χ3n) is 4.66. The van der Waals surface area contributed by atoms with E-state index in [1.807, 2.05) is 0 Å². The fourth-order valence-electron chi connectivity index (χ4n) is 3.56. The van der Waals surface area contributed by atoms with Gasteiger partial charge in [0, 0.05) is 12.0 Å². The molecule has 23 heavy (non-hydrogen) atoms. The molecule has 0 aliphatic heterocycles. The van der Waals surface area contributed by atoms with Crippen LogP contribution in [0.1, 0.15) is 65.2 Å². The summed E-state index contributed by atoms with van der Waals surface area (Å²) in [5.41, 5.74) is 1.45. The second kappa shape index (κ2) is 7.93. The summed E-state index contributed by atoms with van der Waals surface area (Å²) in [5, 5.41) is 0. The molecule has 2 nitrogen and oxygen atoms in total. The summed E-state index contributed by atoms with van der Waals surface area (Å²) in [6, 6.07) is 3.27. The lowest BCUT2D eigenvalue weighted by molar-refractivity contribution is 0.0987. The maximum atomic E-state index is 14.8. The minimum atomic E-state index is -2.22. The Bertz CT molecular complexity index is 549. The number of carbonyl (C=O) groups excluding carboxylic acids is 1. The average molecular weight is 403 g/mol. The van der Waals surface area contributed by atoms with Gasteiger partial charge < -0.3 is 4.43 Å². The van der Waals surface area contributed by atoms with Gasteiger partial charge in [0.1, 0.15) is 5.75 Å². The number of Topliss-reactive ketones (excluding diaryl/α,β-unsaturated/α-hetero) is 1. The number of halogens is 2. The largest absolute Gasteiger partial charge is 0.541 e. The molecule has 5 heteroatoms. The molecular formula is C18H28BrFO2Si. The predicted molar refractivity (Wildman–Crippen MR) is 100 cm³/mol.